The van der Waals surface area contributed by atoms with E-state index in [1.54, 1.807) is 18.8 Å². The first-order chi connectivity index (χ1) is 25.1. The van der Waals surface area contributed by atoms with Gasteiger partial charge in [0.2, 0.25) is 0 Å². The van der Waals surface area contributed by atoms with Crippen molar-refractivity contribution in [1.29, 1.82) is 0 Å². The number of amides is 1. The van der Waals surface area contributed by atoms with Gasteiger partial charge in [-0.1, -0.05) is 23.2 Å². The summed E-state index contributed by atoms with van der Waals surface area (Å²) in [7, 11) is 3.18. The highest BCUT2D eigenvalue weighted by molar-refractivity contribution is 6.34. The average Bonchev–Trinajstić information content (AvgIpc) is 3.66. The molecule has 4 aliphatic rings. The molecule has 2 N–H and O–H groups in total. The average molecular weight is 790 g/mol. The fraction of sp³-hybridized carbons (Fsp3) is 0.529. The monoisotopic (exact) mass is 788 g/mol. The van der Waals surface area contributed by atoms with E-state index in [1.165, 1.54) is 4.90 Å². The topological polar surface area (TPSA) is 115 Å². The van der Waals surface area contributed by atoms with Crippen molar-refractivity contribution in [2.75, 3.05) is 51.0 Å². The van der Waals surface area contributed by atoms with Crippen LogP contribution in [-0.4, -0.2) is 81.3 Å². The maximum absolute atomic E-state index is 15.5. The Morgan fingerprint density at radius 3 is 2.68 bits per heavy atom. The number of carbonyl (C=O) groups is 1. The Bertz CT molecular complexity index is 1970. The Morgan fingerprint density at radius 1 is 1.19 bits per heavy atom. The first-order valence-electron chi connectivity index (χ1n) is 17.0. The number of halogens is 8. The highest BCUT2D eigenvalue weighted by Crippen LogP contribution is 2.47. The van der Waals surface area contributed by atoms with E-state index in [0.717, 1.165) is 18.6 Å². The highest BCUT2D eigenvalue weighted by atomic mass is 35.5. The van der Waals surface area contributed by atoms with Crippen molar-refractivity contribution in [2.45, 2.75) is 69.6 Å². The molecule has 0 radical (unpaired) electrons. The van der Waals surface area contributed by atoms with Crippen LogP contribution in [0, 0.1) is 11.7 Å². The van der Waals surface area contributed by atoms with Gasteiger partial charge in [0.25, 0.3) is 12.0 Å². The molecule has 4 aliphatic heterocycles. The van der Waals surface area contributed by atoms with Gasteiger partial charge in [-0.15, -0.1) is 0 Å². The number of ether oxygens (including phenoxy) is 2. The molecule has 0 bridgehead atoms. The fourth-order valence-corrected chi connectivity index (χ4v) is 8.67. The molecule has 53 heavy (non-hydrogen) atoms. The normalized spacial score (nSPS) is 22.9. The second kappa shape index (κ2) is 14.1. The Kier molecular flexibility index (Phi) is 10.00. The summed E-state index contributed by atoms with van der Waals surface area (Å²) >= 11 is 12.7. The van der Waals surface area contributed by atoms with Crippen LogP contribution < -0.4 is 15.4 Å². The van der Waals surface area contributed by atoms with E-state index in [1.807, 2.05) is 4.90 Å². The fourth-order valence-electron chi connectivity index (χ4n) is 8.07. The van der Waals surface area contributed by atoms with Crippen molar-refractivity contribution < 1.29 is 40.6 Å². The molecule has 0 saturated carbocycles. The molecule has 0 unspecified atom stereocenters. The molecular weight excluding hydrogens is 753 g/mol. The zero-order valence-electron chi connectivity index (χ0n) is 28.8. The van der Waals surface area contributed by atoms with Crippen LogP contribution in [-0.2, 0) is 37.0 Å². The third-order valence-corrected chi connectivity index (χ3v) is 11.1. The van der Waals surface area contributed by atoms with E-state index in [2.05, 4.69) is 15.0 Å². The van der Waals surface area contributed by atoms with Crippen LogP contribution in [0.2, 0.25) is 10.0 Å². The zero-order valence-corrected chi connectivity index (χ0v) is 30.3. The van der Waals surface area contributed by atoms with Gasteiger partial charge in [0.15, 0.2) is 11.5 Å². The van der Waals surface area contributed by atoms with E-state index in [-0.39, 0.29) is 60.4 Å². The van der Waals surface area contributed by atoms with Gasteiger partial charge in [-0.05, 0) is 50.3 Å². The Labute approximate surface area is 310 Å². The summed E-state index contributed by atoms with van der Waals surface area (Å²) in [5.74, 6) is -1.68. The summed E-state index contributed by atoms with van der Waals surface area (Å²) in [6, 6.07) is 0.626. The summed E-state index contributed by atoms with van der Waals surface area (Å²) in [6.07, 6.45) is -5.03. The minimum Gasteiger partial charge on any atom is -0.461 e. The molecule has 1 amide bonds. The standard InChI is InChI=1S/C34H36Cl2F6N8O3/c1-47(2)31(51)29-27(36)22-14-48(6-4-8-50(22)46-29)30-18-15-52-23(25-26(34(40,41)42)19(35)10-20(43)28(25)39)11-21(18)44-32(45-30)53-16-33-5-3-7-49(33)13-17(12-33)9-24(37)38/h9-10,17,23H,3-8,11-16,43H2,1-2H3/t17-,23-,33+/m0/s1. The summed E-state index contributed by atoms with van der Waals surface area (Å²) in [5, 5.41) is 3.88. The van der Waals surface area contributed by atoms with Crippen molar-refractivity contribution in [3.8, 4) is 6.01 Å². The first kappa shape index (κ1) is 37.5. The Morgan fingerprint density at radius 2 is 1.96 bits per heavy atom. The van der Waals surface area contributed by atoms with Gasteiger partial charge in [-0.25, -0.2) is 4.39 Å². The minimum absolute atomic E-state index is 0.0791. The molecule has 2 aromatic heterocycles. The van der Waals surface area contributed by atoms with Crippen LogP contribution in [0.4, 0.5) is 37.8 Å². The smallest absolute Gasteiger partial charge is 0.418 e. The molecule has 1 aromatic carbocycles. The lowest BCUT2D eigenvalue weighted by Crippen LogP contribution is -2.43. The van der Waals surface area contributed by atoms with Crippen LogP contribution in [0.3, 0.4) is 0 Å². The Balaban J connectivity index is 1.27. The SMILES string of the molecule is CN(C)C(=O)c1nn2c(c1Cl)CN(c1nc(OC[C@]34CCCN3C[C@@H](C=C(F)F)C4)nc3c1CO[C@H](c1c(F)c(N)cc(Cl)c1C(F)(F)F)C3)CCC2. The predicted molar refractivity (Wildman–Crippen MR) is 182 cm³/mol. The van der Waals surface area contributed by atoms with Crippen LogP contribution in [0.25, 0.3) is 0 Å². The van der Waals surface area contributed by atoms with Crippen molar-refractivity contribution in [1.82, 2.24) is 29.5 Å². The number of hydrogen-bond acceptors (Lipinski definition) is 9. The molecule has 7 rings (SSSR count). The number of anilines is 2. The van der Waals surface area contributed by atoms with Crippen LogP contribution in [0.5, 0.6) is 6.01 Å². The van der Waals surface area contributed by atoms with E-state index in [9.17, 15) is 26.7 Å². The van der Waals surface area contributed by atoms with Gasteiger partial charge in [0.05, 0.1) is 57.5 Å². The van der Waals surface area contributed by atoms with Crippen molar-refractivity contribution in [2.24, 2.45) is 5.92 Å². The van der Waals surface area contributed by atoms with Gasteiger partial charge >= 0.3 is 12.2 Å². The quantitative estimate of drug-likeness (QED) is 0.208. The predicted octanol–water partition coefficient (Wildman–Crippen LogP) is 6.66. The van der Waals surface area contributed by atoms with Crippen molar-refractivity contribution in [3.05, 3.63) is 67.9 Å². The van der Waals surface area contributed by atoms with Gasteiger partial charge in [-0.3, -0.25) is 14.4 Å². The molecular formula is C34H36Cl2F6N8O3. The molecule has 2 fully saturated rings. The lowest BCUT2D eigenvalue weighted by molar-refractivity contribution is -0.140. The first-order valence-corrected chi connectivity index (χ1v) is 17.8. The van der Waals surface area contributed by atoms with Gasteiger partial charge in [0.1, 0.15) is 12.4 Å². The number of rotatable bonds is 7. The molecule has 0 spiro atoms. The van der Waals surface area contributed by atoms with Crippen LogP contribution in [0.15, 0.2) is 18.2 Å². The largest absolute Gasteiger partial charge is 0.461 e. The number of hydrogen-bond donors (Lipinski definition) is 1. The second-order valence-electron chi connectivity index (χ2n) is 14.1. The molecule has 3 atom stereocenters. The van der Waals surface area contributed by atoms with E-state index in [4.69, 9.17) is 43.4 Å². The summed E-state index contributed by atoms with van der Waals surface area (Å²) in [4.78, 5) is 27.6. The second-order valence-corrected chi connectivity index (χ2v) is 14.9. The molecule has 6 heterocycles. The number of benzene rings is 1. The summed E-state index contributed by atoms with van der Waals surface area (Å²) < 4.78 is 98.7. The number of carbonyl (C=O) groups excluding carboxylic acids is 1. The molecule has 3 aromatic rings. The maximum atomic E-state index is 15.5. The molecule has 286 valence electrons. The number of fused-ring (bicyclic) bond motifs is 3. The highest BCUT2D eigenvalue weighted by Gasteiger charge is 2.49. The minimum atomic E-state index is -5.03. The lowest BCUT2D eigenvalue weighted by Gasteiger charge is -2.33. The number of nitrogens with two attached hydrogens (primary N) is 1. The van der Waals surface area contributed by atoms with E-state index < -0.39 is 51.6 Å². The Hall–Kier alpha value is -3.80. The zero-order chi connectivity index (χ0) is 38.0. The molecule has 0 aliphatic carbocycles. The molecule has 19 heteroatoms. The summed E-state index contributed by atoms with van der Waals surface area (Å²) in [5.41, 5.74) is 3.75. The van der Waals surface area contributed by atoms with Gasteiger partial charge < -0.3 is 25.0 Å². The number of nitrogen functional groups attached to an aromatic ring is 1. The van der Waals surface area contributed by atoms with E-state index in [0.29, 0.717) is 62.5 Å². The lowest BCUT2D eigenvalue weighted by atomic mass is 9.91. The molecule has 11 nitrogen and oxygen atoms in total. The third-order valence-electron chi connectivity index (χ3n) is 10.5. The van der Waals surface area contributed by atoms with Gasteiger partial charge in [-0.2, -0.15) is 37.0 Å². The van der Waals surface area contributed by atoms with E-state index >= 15 is 4.39 Å². The molecule has 2 saturated heterocycles. The van der Waals surface area contributed by atoms with Crippen LogP contribution in [0.1, 0.15) is 70.4 Å². The summed E-state index contributed by atoms with van der Waals surface area (Å²) in [6.45, 7) is 1.96. The third kappa shape index (κ3) is 7.00. The van der Waals surface area contributed by atoms with Crippen molar-refractivity contribution in [3.63, 3.8) is 0 Å². The number of aromatic nitrogens is 4. The van der Waals surface area contributed by atoms with Crippen LogP contribution >= 0.6 is 23.2 Å². The maximum Gasteiger partial charge on any atom is 0.418 e. The number of alkyl halides is 3. The number of nitrogens with zero attached hydrogens (tertiary/aromatic N) is 7. The number of aryl methyl sites for hydroxylation is 1. The van der Waals surface area contributed by atoms with Gasteiger partial charge in [0, 0.05) is 51.3 Å². The van der Waals surface area contributed by atoms with Crippen molar-refractivity contribution >= 4 is 40.6 Å².